The summed E-state index contributed by atoms with van der Waals surface area (Å²) < 4.78 is 11.9. The number of aryl methyl sites for hydroxylation is 1. The van der Waals surface area contributed by atoms with Crippen LogP contribution in [0.1, 0.15) is 37.4 Å². The number of benzene rings is 2. The van der Waals surface area contributed by atoms with E-state index < -0.39 is 0 Å². The van der Waals surface area contributed by atoms with Crippen molar-refractivity contribution in [1.29, 1.82) is 0 Å². The summed E-state index contributed by atoms with van der Waals surface area (Å²) in [6.07, 6.45) is 4.28. The number of aromatic nitrogens is 2. The highest BCUT2D eigenvalue weighted by molar-refractivity contribution is 5.85. The van der Waals surface area contributed by atoms with Crippen molar-refractivity contribution >= 4 is 24.8 Å². The molecule has 1 fully saturated rings. The Morgan fingerprint density at radius 2 is 1.76 bits per heavy atom. The van der Waals surface area contributed by atoms with Gasteiger partial charge in [-0.1, -0.05) is 55.8 Å². The van der Waals surface area contributed by atoms with E-state index >= 15 is 0 Å². The van der Waals surface area contributed by atoms with Crippen molar-refractivity contribution in [2.45, 2.75) is 39.2 Å². The first-order valence-electron chi connectivity index (χ1n) is 11.3. The third kappa shape index (κ3) is 7.88. The number of nitrogens with one attached hydrogen (secondary N) is 1. The van der Waals surface area contributed by atoms with Crippen molar-refractivity contribution in [2.75, 3.05) is 19.7 Å². The number of halogens is 2. The molecule has 0 spiro atoms. The van der Waals surface area contributed by atoms with Crippen LogP contribution in [-0.2, 0) is 13.0 Å². The van der Waals surface area contributed by atoms with Crippen molar-refractivity contribution < 1.29 is 9.47 Å². The van der Waals surface area contributed by atoms with Crippen LogP contribution in [0.3, 0.4) is 0 Å². The van der Waals surface area contributed by atoms with Crippen LogP contribution < -0.4 is 14.8 Å². The fourth-order valence-corrected chi connectivity index (χ4v) is 3.78. The van der Waals surface area contributed by atoms with Crippen molar-refractivity contribution in [3.63, 3.8) is 0 Å². The third-order valence-corrected chi connectivity index (χ3v) is 5.66. The lowest BCUT2D eigenvalue weighted by Gasteiger charge is -2.13. The highest BCUT2D eigenvalue weighted by atomic mass is 35.5. The number of hydrogen-bond donors (Lipinski definition) is 1. The topological polar surface area (TPSA) is 56.3 Å². The number of rotatable bonds is 10. The predicted molar refractivity (Wildman–Crippen MR) is 138 cm³/mol. The van der Waals surface area contributed by atoms with Gasteiger partial charge in [0, 0.05) is 24.1 Å². The van der Waals surface area contributed by atoms with E-state index in [4.69, 9.17) is 9.47 Å². The van der Waals surface area contributed by atoms with Crippen LogP contribution in [0.4, 0.5) is 0 Å². The first kappa shape index (κ1) is 26.9. The Kier molecular flexibility index (Phi) is 11.4. The number of hydrogen-bond acceptors (Lipinski definition) is 5. The molecule has 178 valence electrons. The molecule has 0 radical (unpaired) electrons. The summed E-state index contributed by atoms with van der Waals surface area (Å²) in [5, 5.41) is 12.2. The first-order chi connectivity index (χ1) is 15.3. The average molecular weight is 490 g/mol. The van der Waals surface area contributed by atoms with Gasteiger partial charge in [0.25, 0.3) is 0 Å². The quantitative estimate of drug-likeness (QED) is 0.384. The highest BCUT2D eigenvalue weighted by Crippen LogP contribution is 2.28. The Balaban J connectivity index is 0.00000193. The summed E-state index contributed by atoms with van der Waals surface area (Å²) in [6.45, 7) is 5.52. The van der Waals surface area contributed by atoms with Crippen LogP contribution in [-0.4, -0.2) is 29.9 Å². The molecule has 0 amide bonds. The van der Waals surface area contributed by atoms with Gasteiger partial charge in [0.05, 0.1) is 12.3 Å². The van der Waals surface area contributed by atoms with Gasteiger partial charge in [-0.05, 0) is 49.1 Å². The minimum absolute atomic E-state index is 0. The van der Waals surface area contributed by atoms with Gasteiger partial charge in [-0.3, -0.25) is 0 Å². The van der Waals surface area contributed by atoms with E-state index in [-0.39, 0.29) is 24.8 Å². The molecular weight excluding hydrogens is 457 g/mol. The zero-order valence-electron chi connectivity index (χ0n) is 19.0. The number of ether oxygens (including phenoxy) is 2. The summed E-state index contributed by atoms with van der Waals surface area (Å²) >= 11 is 0. The molecular formula is C26H33Cl2N3O2. The van der Waals surface area contributed by atoms with E-state index in [1.807, 2.05) is 36.4 Å². The minimum Gasteiger partial charge on any atom is -0.489 e. The number of unbranched alkanes of at least 4 members (excludes halogenated alkanes) is 1. The maximum atomic E-state index is 5.98. The van der Waals surface area contributed by atoms with E-state index in [1.165, 1.54) is 0 Å². The molecule has 0 bridgehead atoms. The first-order valence-corrected chi connectivity index (χ1v) is 11.3. The number of nitrogens with zero attached hydrogens (tertiary/aromatic N) is 2. The van der Waals surface area contributed by atoms with Crippen molar-refractivity contribution in [2.24, 2.45) is 5.92 Å². The lowest BCUT2D eigenvalue weighted by atomic mass is 10.0. The molecule has 2 aromatic carbocycles. The molecule has 5 nitrogen and oxygen atoms in total. The molecule has 1 unspecified atom stereocenters. The van der Waals surface area contributed by atoms with E-state index in [0.29, 0.717) is 25.0 Å². The molecule has 1 aliphatic rings. The molecule has 33 heavy (non-hydrogen) atoms. The van der Waals surface area contributed by atoms with Crippen molar-refractivity contribution in [1.82, 2.24) is 15.5 Å². The molecule has 1 N–H and O–H groups in total. The predicted octanol–water partition coefficient (Wildman–Crippen LogP) is 5.90. The van der Waals surface area contributed by atoms with Crippen LogP contribution in [0.15, 0.2) is 60.7 Å². The zero-order valence-corrected chi connectivity index (χ0v) is 20.7. The lowest BCUT2D eigenvalue weighted by Crippen LogP contribution is -2.16. The molecule has 0 saturated carbocycles. The smallest absolute Gasteiger partial charge is 0.234 e. The van der Waals surface area contributed by atoms with Crippen LogP contribution >= 0.6 is 24.8 Å². The SMILES string of the molecule is CCCCc1nnc(OCC2CCNC2)cc1-c1ccc(OCc2ccccc2)cc1.Cl.Cl. The van der Waals surface area contributed by atoms with Gasteiger partial charge in [-0.15, -0.1) is 29.9 Å². The van der Waals surface area contributed by atoms with Gasteiger partial charge < -0.3 is 14.8 Å². The van der Waals surface area contributed by atoms with Crippen LogP contribution in [0, 0.1) is 5.92 Å². The molecule has 4 rings (SSSR count). The summed E-state index contributed by atoms with van der Waals surface area (Å²) in [5.74, 6) is 2.01. The molecule has 2 heterocycles. The molecule has 1 aromatic heterocycles. The molecule has 7 heteroatoms. The standard InChI is InChI=1S/C26H31N3O2.2ClH/c1-2-3-9-25-24(16-26(29-28-25)31-19-21-14-15-27-17-21)22-10-12-23(13-11-22)30-18-20-7-5-4-6-8-20;;/h4-8,10-13,16,21,27H,2-3,9,14-15,17-19H2,1H3;2*1H. The van der Waals surface area contributed by atoms with Crippen LogP contribution in [0.2, 0.25) is 0 Å². The van der Waals surface area contributed by atoms with Gasteiger partial charge in [-0.2, -0.15) is 5.10 Å². The zero-order chi connectivity index (χ0) is 21.3. The fourth-order valence-electron chi connectivity index (χ4n) is 3.78. The fraction of sp³-hybridized carbons (Fsp3) is 0.385. The van der Waals surface area contributed by atoms with Gasteiger partial charge >= 0.3 is 0 Å². The Hall–Kier alpha value is -2.34. The summed E-state index contributed by atoms with van der Waals surface area (Å²) in [5.41, 5.74) is 4.39. The lowest BCUT2D eigenvalue weighted by molar-refractivity contribution is 0.248. The highest BCUT2D eigenvalue weighted by Gasteiger charge is 2.16. The van der Waals surface area contributed by atoms with E-state index in [0.717, 1.165) is 66.9 Å². The Morgan fingerprint density at radius 1 is 0.970 bits per heavy atom. The Labute approximate surface area is 209 Å². The maximum absolute atomic E-state index is 5.98. The van der Waals surface area contributed by atoms with E-state index in [9.17, 15) is 0 Å². The van der Waals surface area contributed by atoms with E-state index in [1.54, 1.807) is 0 Å². The van der Waals surface area contributed by atoms with Crippen molar-refractivity contribution in [3.05, 3.63) is 71.9 Å². The normalized spacial score (nSPS) is 14.8. The Bertz CT molecular complexity index is 950. The molecule has 1 aliphatic heterocycles. The summed E-state index contributed by atoms with van der Waals surface area (Å²) in [6, 6.07) is 20.5. The summed E-state index contributed by atoms with van der Waals surface area (Å²) in [4.78, 5) is 0. The van der Waals surface area contributed by atoms with Gasteiger partial charge in [-0.25, -0.2) is 0 Å². The Morgan fingerprint density at radius 3 is 2.45 bits per heavy atom. The largest absolute Gasteiger partial charge is 0.489 e. The molecule has 0 aliphatic carbocycles. The molecule has 1 atom stereocenters. The third-order valence-electron chi connectivity index (χ3n) is 5.66. The second-order valence-electron chi connectivity index (χ2n) is 8.11. The van der Waals surface area contributed by atoms with Gasteiger partial charge in [0.1, 0.15) is 12.4 Å². The van der Waals surface area contributed by atoms with Crippen molar-refractivity contribution in [3.8, 4) is 22.8 Å². The second-order valence-corrected chi connectivity index (χ2v) is 8.11. The van der Waals surface area contributed by atoms with E-state index in [2.05, 4.69) is 46.7 Å². The monoisotopic (exact) mass is 489 g/mol. The van der Waals surface area contributed by atoms with Gasteiger partial charge in [0.2, 0.25) is 5.88 Å². The molecule has 3 aromatic rings. The summed E-state index contributed by atoms with van der Waals surface area (Å²) in [7, 11) is 0. The van der Waals surface area contributed by atoms with Gasteiger partial charge in [0.15, 0.2) is 0 Å². The van der Waals surface area contributed by atoms with Crippen LogP contribution in [0.5, 0.6) is 11.6 Å². The van der Waals surface area contributed by atoms with Crippen LogP contribution in [0.25, 0.3) is 11.1 Å². The average Bonchev–Trinajstić information content (AvgIpc) is 3.35. The second kappa shape index (κ2) is 14.0. The maximum Gasteiger partial charge on any atom is 0.234 e. The molecule has 1 saturated heterocycles. The minimum atomic E-state index is 0.